The molecular weight excluding hydrogens is 274 g/mol. The number of aromatic amines is 1. The minimum absolute atomic E-state index is 0.194. The summed E-state index contributed by atoms with van der Waals surface area (Å²) in [5, 5.41) is 3.47. The first-order chi connectivity index (χ1) is 9.49. The van der Waals surface area contributed by atoms with Gasteiger partial charge in [0.15, 0.2) is 0 Å². The van der Waals surface area contributed by atoms with Crippen molar-refractivity contribution in [1.82, 2.24) is 14.9 Å². The van der Waals surface area contributed by atoms with Crippen molar-refractivity contribution in [3.8, 4) is 0 Å². The molecule has 2 N–H and O–H groups in total. The summed E-state index contributed by atoms with van der Waals surface area (Å²) in [4.78, 5) is 38.0. The first-order valence-electron chi connectivity index (χ1n) is 6.51. The van der Waals surface area contributed by atoms with Crippen LogP contribution < -0.4 is 16.2 Å². The monoisotopic (exact) mass is 289 g/mol. The van der Waals surface area contributed by atoms with E-state index >= 15 is 0 Å². The van der Waals surface area contributed by atoms with Crippen LogP contribution >= 0.6 is 0 Å². The van der Waals surface area contributed by atoms with E-state index in [1.165, 1.54) is 4.57 Å². The van der Waals surface area contributed by atoms with Crippen LogP contribution in [0.3, 0.4) is 0 Å². The van der Waals surface area contributed by atoms with Gasteiger partial charge in [-0.3, -0.25) is 19.5 Å². The lowest BCUT2D eigenvalue weighted by atomic mass is 9.89. The maximum absolute atomic E-state index is 12.1. The Morgan fingerprint density at radius 3 is 2.75 bits per heavy atom. The smallest absolute Gasteiger partial charge is 0.306 e. The highest BCUT2D eigenvalue weighted by Gasteiger charge is 2.31. The molecule has 1 aromatic heterocycles. The van der Waals surface area contributed by atoms with Crippen molar-refractivity contribution in [2.24, 2.45) is 7.05 Å². The van der Waals surface area contributed by atoms with Crippen molar-refractivity contribution >= 4 is 38.3 Å². The van der Waals surface area contributed by atoms with Gasteiger partial charge >= 0.3 is 5.69 Å². The molecule has 1 aliphatic rings. The minimum atomic E-state index is -0.356. The summed E-state index contributed by atoms with van der Waals surface area (Å²) in [5.74, 6) is -0.846. The number of benzene rings is 1. The molecule has 0 radical (unpaired) electrons. The fourth-order valence-corrected chi connectivity index (χ4v) is 3.63. The maximum Gasteiger partial charge on any atom is 0.326 e. The van der Waals surface area contributed by atoms with Gasteiger partial charge < -0.3 is 4.98 Å². The third-order valence-electron chi connectivity index (χ3n) is 3.90. The molecule has 6 nitrogen and oxygen atoms in total. The predicted octanol–water partition coefficient (Wildman–Crippen LogP) is -1.62. The number of carbonyl (C=O) groups is 2. The van der Waals surface area contributed by atoms with Crippen LogP contribution in [0.2, 0.25) is 0 Å². The zero-order valence-electron chi connectivity index (χ0n) is 11.3. The zero-order chi connectivity index (χ0) is 14.4. The quantitative estimate of drug-likeness (QED) is 0.489. The zero-order valence-corrected chi connectivity index (χ0v) is 13.3. The molecule has 0 bridgehead atoms. The molecule has 2 aromatic rings. The number of H-pyrrole nitrogens is 1. The summed E-state index contributed by atoms with van der Waals surface area (Å²) in [6, 6.07) is 3.82. The number of hydrogen-bond donors (Lipinski definition) is 2. The molecule has 104 valence electrons. The predicted molar refractivity (Wildman–Crippen MR) is 78.2 cm³/mol. The van der Waals surface area contributed by atoms with E-state index in [4.69, 9.17) is 0 Å². The molecule has 1 saturated heterocycles. The van der Waals surface area contributed by atoms with Crippen LogP contribution in [-0.4, -0.2) is 31.6 Å². The molecule has 0 aliphatic carbocycles. The Morgan fingerprint density at radius 1 is 1.30 bits per heavy atom. The lowest BCUT2D eigenvalue weighted by molar-refractivity contribution is -0.134. The van der Waals surface area contributed by atoms with Gasteiger partial charge in [0.2, 0.25) is 11.8 Å². The van der Waals surface area contributed by atoms with Crippen molar-refractivity contribution in [1.29, 1.82) is 0 Å². The maximum atomic E-state index is 12.1. The van der Waals surface area contributed by atoms with Gasteiger partial charge in [0, 0.05) is 23.7 Å². The van der Waals surface area contributed by atoms with E-state index in [9.17, 15) is 14.4 Å². The molecular formula is C13H15N3O3Si. The first-order valence-corrected chi connectivity index (χ1v) is 7.51. The lowest BCUT2D eigenvalue weighted by Crippen LogP contribution is -2.41. The van der Waals surface area contributed by atoms with E-state index < -0.39 is 0 Å². The number of aryl methyl sites for hydroxylation is 1. The van der Waals surface area contributed by atoms with Gasteiger partial charge in [-0.2, -0.15) is 0 Å². The average molecular weight is 289 g/mol. The van der Waals surface area contributed by atoms with Crippen LogP contribution in [0.15, 0.2) is 16.9 Å². The molecule has 1 atom stereocenters. The van der Waals surface area contributed by atoms with Crippen molar-refractivity contribution < 1.29 is 9.59 Å². The summed E-state index contributed by atoms with van der Waals surface area (Å²) in [7, 11) is 2.47. The van der Waals surface area contributed by atoms with E-state index in [0.717, 1.165) is 32.0 Å². The number of imide groups is 1. The fraction of sp³-hybridized carbons (Fsp3) is 0.308. The van der Waals surface area contributed by atoms with E-state index in [1.54, 1.807) is 7.05 Å². The second kappa shape index (κ2) is 4.45. The number of imidazole rings is 1. The molecule has 0 saturated carbocycles. The normalized spacial score (nSPS) is 19.6. The van der Waals surface area contributed by atoms with E-state index in [2.05, 4.69) is 10.3 Å². The highest BCUT2D eigenvalue weighted by Crippen LogP contribution is 2.28. The molecule has 2 amide bonds. The second-order valence-electron chi connectivity index (χ2n) is 5.19. The van der Waals surface area contributed by atoms with Crippen molar-refractivity contribution in [2.45, 2.75) is 18.8 Å². The Balaban J connectivity index is 2.25. The number of hydrogen-bond acceptors (Lipinski definition) is 3. The van der Waals surface area contributed by atoms with Gasteiger partial charge in [0.05, 0.1) is 17.0 Å². The summed E-state index contributed by atoms with van der Waals surface area (Å²) >= 11 is 0. The number of piperidine rings is 1. The molecule has 2 heterocycles. The standard InChI is InChI=1S/C13H15N3O3Si/c1-16-11-7(14-13(16)19)3-4-8(20)10(11)6-2-5-9(17)15-12(6)18/h3-4,6H,2,5H2,1,20H3,(H,14,19)(H,15,17,18). The molecule has 1 fully saturated rings. The number of nitrogens with zero attached hydrogens (tertiary/aromatic N) is 1. The lowest BCUT2D eigenvalue weighted by Gasteiger charge is -2.23. The van der Waals surface area contributed by atoms with Crippen LogP contribution in [0.5, 0.6) is 0 Å². The van der Waals surface area contributed by atoms with E-state index in [-0.39, 0.29) is 23.4 Å². The Labute approximate surface area is 117 Å². The number of rotatable bonds is 1. The van der Waals surface area contributed by atoms with Gasteiger partial charge in [0.25, 0.3) is 0 Å². The Morgan fingerprint density at radius 2 is 2.05 bits per heavy atom. The van der Waals surface area contributed by atoms with E-state index in [0.29, 0.717) is 12.8 Å². The summed E-state index contributed by atoms with van der Waals surface area (Å²) < 4.78 is 1.54. The second-order valence-corrected chi connectivity index (χ2v) is 6.26. The van der Waals surface area contributed by atoms with Crippen LogP contribution in [-0.2, 0) is 16.6 Å². The van der Waals surface area contributed by atoms with Gasteiger partial charge in [-0.1, -0.05) is 11.3 Å². The summed E-state index contributed by atoms with van der Waals surface area (Å²) in [6.45, 7) is 0. The van der Waals surface area contributed by atoms with Crippen LogP contribution in [0.1, 0.15) is 24.3 Å². The molecule has 0 spiro atoms. The number of aromatic nitrogens is 2. The Bertz CT molecular complexity index is 790. The van der Waals surface area contributed by atoms with E-state index in [1.807, 2.05) is 12.1 Å². The third kappa shape index (κ3) is 1.82. The summed E-state index contributed by atoms with van der Waals surface area (Å²) in [5.41, 5.74) is 2.20. The summed E-state index contributed by atoms with van der Waals surface area (Å²) in [6.07, 6.45) is 0.838. The topological polar surface area (TPSA) is 84.0 Å². The number of fused-ring (bicyclic) bond motifs is 1. The fourth-order valence-electron chi connectivity index (χ4n) is 2.88. The number of carbonyl (C=O) groups excluding carboxylic acids is 2. The van der Waals surface area contributed by atoms with Gasteiger partial charge in [-0.25, -0.2) is 4.79 Å². The van der Waals surface area contributed by atoms with Crippen molar-refractivity contribution in [2.75, 3.05) is 0 Å². The number of nitrogens with one attached hydrogen (secondary N) is 2. The highest BCUT2D eigenvalue weighted by atomic mass is 28.1. The molecule has 1 unspecified atom stereocenters. The SMILES string of the molecule is Cn1c(=O)[nH]c2ccc([SiH3])c(C3CCC(=O)NC3=O)c21. The largest absolute Gasteiger partial charge is 0.326 e. The molecule has 7 heteroatoms. The molecule has 3 rings (SSSR count). The highest BCUT2D eigenvalue weighted by molar-refractivity contribution is 6.35. The van der Waals surface area contributed by atoms with Crippen LogP contribution in [0.25, 0.3) is 11.0 Å². The van der Waals surface area contributed by atoms with Crippen LogP contribution in [0, 0.1) is 0 Å². The van der Waals surface area contributed by atoms with Crippen molar-refractivity contribution in [3.63, 3.8) is 0 Å². The number of amides is 2. The first kappa shape index (κ1) is 12.9. The Hall–Kier alpha value is -2.15. The third-order valence-corrected chi connectivity index (χ3v) is 4.78. The van der Waals surface area contributed by atoms with Crippen LogP contribution in [0.4, 0.5) is 0 Å². The average Bonchev–Trinajstić information content (AvgIpc) is 2.67. The Kier molecular flexibility index (Phi) is 2.86. The molecule has 20 heavy (non-hydrogen) atoms. The molecule has 1 aromatic carbocycles. The molecule has 1 aliphatic heterocycles. The minimum Gasteiger partial charge on any atom is -0.306 e. The van der Waals surface area contributed by atoms with Gasteiger partial charge in [-0.05, 0) is 18.1 Å². The van der Waals surface area contributed by atoms with Gasteiger partial charge in [-0.15, -0.1) is 0 Å². The van der Waals surface area contributed by atoms with Gasteiger partial charge in [0.1, 0.15) is 0 Å². The van der Waals surface area contributed by atoms with Crippen molar-refractivity contribution in [3.05, 3.63) is 28.2 Å².